The highest BCUT2D eigenvalue weighted by Gasteiger charge is 2.16. The van der Waals surface area contributed by atoms with Gasteiger partial charge in [-0.15, -0.1) is 5.10 Å². The van der Waals surface area contributed by atoms with Crippen molar-refractivity contribution in [2.75, 3.05) is 14.2 Å². The predicted octanol–water partition coefficient (Wildman–Crippen LogP) is 1.74. The van der Waals surface area contributed by atoms with Gasteiger partial charge in [-0.3, -0.25) is 0 Å². The zero-order valence-corrected chi connectivity index (χ0v) is 11.6. The summed E-state index contributed by atoms with van der Waals surface area (Å²) in [6.07, 6.45) is 0. The molecule has 0 bridgehead atoms. The first-order chi connectivity index (χ1) is 9.12. The smallest absolute Gasteiger partial charge is 0.146 e. The van der Waals surface area contributed by atoms with E-state index in [4.69, 9.17) is 26.2 Å². The number of aliphatic hydroxyl groups excluding tert-OH is 1. The standard InChI is InChI=1S/C12H14ClN3O3/c1-7-9(6-17)14-15-16(7)10-5-11(18-2)8(13)4-12(10)19-3/h4-5,17H,6H2,1-3H3. The Morgan fingerprint density at radius 1 is 1.26 bits per heavy atom. The number of aromatic nitrogens is 3. The van der Waals surface area contributed by atoms with Gasteiger partial charge in [0, 0.05) is 12.1 Å². The molecule has 7 heteroatoms. The van der Waals surface area contributed by atoms with E-state index in [0.717, 1.165) is 5.69 Å². The second-order valence-electron chi connectivity index (χ2n) is 3.85. The summed E-state index contributed by atoms with van der Waals surface area (Å²) in [5.41, 5.74) is 1.88. The average Bonchev–Trinajstić information content (AvgIpc) is 2.79. The van der Waals surface area contributed by atoms with Crippen molar-refractivity contribution in [2.24, 2.45) is 0 Å². The molecule has 0 radical (unpaired) electrons. The van der Waals surface area contributed by atoms with E-state index in [0.29, 0.717) is 27.9 Å². The first kappa shape index (κ1) is 13.6. The number of hydrogen-bond acceptors (Lipinski definition) is 5. The van der Waals surface area contributed by atoms with Gasteiger partial charge in [0.15, 0.2) is 0 Å². The molecule has 1 heterocycles. The van der Waals surface area contributed by atoms with Crippen LogP contribution in [0, 0.1) is 6.92 Å². The van der Waals surface area contributed by atoms with Gasteiger partial charge in [-0.25, -0.2) is 4.68 Å². The van der Waals surface area contributed by atoms with Crippen LogP contribution < -0.4 is 9.47 Å². The topological polar surface area (TPSA) is 69.4 Å². The van der Waals surface area contributed by atoms with Gasteiger partial charge in [0.1, 0.15) is 22.9 Å². The van der Waals surface area contributed by atoms with Crippen LogP contribution in [0.4, 0.5) is 0 Å². The molecule has 0 saturated heterocycles. The fourth-order valence-electron chi connectivity index (χ4n) is 1.75. The maximum Gasteiger partial charge on any atom is 0.146 e. The Morgan fingerprint density at radius 3 is 2.47 bits per heavy atom. The van der Waals surface area contributed by atoms with Gasteiger partial charge in [0.25, 0.3) is 0 Å². The molecule has 1 N–H and O–H groups in total. The second-order valence-corrected chi connectivity index (χ2v) is 4.26. The van der Waals surface area contributed by atoms with Gasteiger partial charge in [-0.1, -0.05) is 16.8 Å². The molecule has 6 nitrogen and oxygen atoms in total. The molecule has 0 unspecified atom stereocenters. The minimum absolute atomic E-state index is 0.168. The van der Waals surface area contributed by atoms with Crippen LogP contribution in [-0.2, 0) is 6.61 Å². The van der Waals surface area contributed by atoms with Crippen molar-refractivity contribution in [3.05, 3.63) is 28.5 Å². The van der Waals surface area contributed by atoms with Gasteiger partial charge in [0.05, 0.1) is 31.5 Å². The largest absolute Gasteiger partial charge is 0.495 e. The lowest BCUT2D eigenvalue weighted by Crippen LogP contribution is -2.03. The van der Waals surface area contributed by atoms with E-state index in [2.05, 4.69) is 10.3 Å². The maximum absolute atomic E-state index is 9.16. The fourth-order valence-corrected chi connectivity index (χ4v) is 1.98. The molecule has 0 aliphatic heterocycles. The quantitative estimate of drug-likeness (QED) is 0.925. The minimum atomic E-state index is -0.168. The van der Waals surface area contributed by atoms with Crippen LogP contribution in [0.1, 0.15) is 11.4 Å². The van der Waals surface area contributed by atoms with Crippen molar-refractivity contribution in [1.29, 1.82) is 0 Å². The Labute approximate surface area is 115 Å². The molecule has 0 saturated carbocycles. The fraction of sp³-hybridized carbons (Fsp3) is 0.333. The molecule has 0 spiro atoms. The molecule has 0 fully saturated rings. The molecule has 0 aliphatic rings. The lowest BCUT2D eigenvalue weighted by Gasteiger charge is -2.12. The molecule has 2 aromatic rings. The molecular formula is C12H14ClN3O3. The van der Waals surface area contributed by atoms with E-state index < -0.39 is 0 Å². The van der Waals surface area contributed by atoms with Crippen LogP contribution in [-0.4, -0.2) is 34.3 Å². The summed E-state index contributed by atoms with van der Waals surface area (Å²) in [7, 11) is 3.08. The van der Waals surface area contributed by atoms with Crippen molar-refractivity contribution in [2.45, 2.75) is 13.5 Å². The van der Waals surface area contributed by atoms with Crippen LogP contribution in [0.2, 0.25) is 5.02 Å². The number of nitrogens with zero attached hydrogens (tertiary/aromatic N) is 3. The Kier molecular flexibility index (Phi) is 3.92. The maximum atomic E-state index is 9.16. The number of ether oxygens (including phenoxy) is 2. The van der Waals surface area contributed by atoms with Crippen molar-refractivity contribution in [3.63, 3.8) is 0 Å². The lowest BCUT2D eigenvalue weighted by atomic mass is 10.2. The molecule has 1 aromatic heterocycles. The van der Waals surface area contributed by atoms with Crippen LogP contribution in [0.25, 0.3) is 5.69 Å². The van der Waals surface area contributed by atoms with Crippen molar-refractivity contribution >= 4 is 11.6 Å². The summed E-state index contributed by atoms with van der Waals surface area (Å²) in [6, 6.07) is 3.36. The highest BCUT2D eigenvalue weighted by atomic mass is 35.5. The van der Waals surface area contributed by atoms with Crippen LogP contribution in [0.5, 0.6) is 11.5 Å². The molecule has 0 amide bonds. The Hall–Kier alpha value is -1.79. The predicted molar refractivity (Wildman–Crippen MR) is 70.1 cm³/mol. The second kappa shape index (κ2) is 5.46. The number of hydrogen-bond donors (Lipinski definition) is 1. The zero-order chi connectivity index (χ0) is 14.0. The van der Waals surface area contributed by atoms with Gasteiger partial charge < -0.3 is 14.6 Å². The van der Waals surface area contributed by atoms with Gasteiger partial charge in [0.2, 0.25) is 0 Å². The molecule has 0 atom stereocenters. The third kappa shape index (κ3) is 2.36. The minimum Gasteiger partial charge on any atom is -0.495 e. The number of rotatable bonds is 4. The summed E-state index contributed by atoms with van der Waals surface area (Å²) >= 11 is 6.05. The first-order valence-corrected chi connectivity index (χ1v) is 5.94. The number of aliphatic hydroxyl groups is 1. The van der Waals surface area contributed by atoms with E-state index in [-0.39, 0.29) is 6.61 Å². The van der Waals surface area contributed by atoms with Crippen molar-refractivity contribution < 1.29 is 14.6 Å². The summed E-state index contributed by atoms with van der Waals surface area (Å²) in [6.45, 7) is 1.64. The molecule has 2 rings (SSSR count). The van der Waals surface area contributed by atoms with Gasteiger partial charge >= 0.3 is 0 Å². The number of benzene rings is 1. The summed E-state index contributed by atoms with van der Waals surface area (Å²) in [4.78, 5) is 0. The Balaban J connectivity index is 2.62. The number of methoxy groups -OCH3 is 2. The van der Waals surface area contributed by atoms with Crippen LogP contribution in [0.3, 0.4) is 0 Å². The highest BCUT2D eigenvalue weighted by Crippen LogP contribution is 2.34. The van der Waals surface area contributed by atoms with E-state index in [1.807, 2.05) is 6.92 Å². The van der Waals surface area contributed by atoms with E-state index >= 15 is 0 Å². The van der Waals surface area contributed by atoms with Crippen LogP contribution in [0.15, 0.2) is 12.1 Å². The third-order valence-electron chi connectivity index (χ3n) is 2.82. The van der Waals surface area contributed by atoms with Crippen LogP contribution >= 0.6 is 11.6 Å². The molecule has 1 aromatic carbocycles. The highest BCUT2D eigenvalue weighted by molar-refractivity contribution is 6.32. The van der Waals surface area contributed by atoms with E-state index in [1.165, 1.54) is 7.11 Å². The normalized spacial score (nSPS) is 10.6. The molecule has 0 aliphatic carbocycles. The van der Waals surface area contributed by atoms with E-state index in [9.17, 15) is 0 Å². The number of halogens is 1. The van der Waals surface area contributed by atoms with Crippen molar-refractivity contribution in [3.8, 4) is 17.2 Å². The Morgan fingerprint density at radius 2 is 1.95 bits per heavy atom. The van der Waals surface area contributed by atoms with Gasteiger partial charge in [-0.2, -0.15) is 0 Å². The monoisotopic (exact) mass is 283 g/mol. The summed E-state index contributed by atoms with van der Waals surface area (Å²) < 4.78 is 12.0. The zero-order valence-electron chi connectivity index (χ0n) is 10.8. The Bertz CT molecular complexity index is 598. The summed E-state index contributed by atoms with van der Waals surface area (Å²) in [5, 5.41) is 17.5. The van der Waals surface area contributed by atoms with E-state index in [1.54, 1.807) is 23.9 Å². The summed E-state index contributed by atoms with van der Waals surface area (Å²) in [5.74, 6) is 1.06. The molecular weight excluding hydrogens is 270 g/mol. The first-order valence-electron chi connectivity index (χ1n) is 5.56. The molecule has 102 valence electrons. The third-order valence-corrected chi connectivity index (χ3v) is 3.12. The SMILES string of the molecule is COc1cc(-n2nnc(CO)c2C)c(OC)cc1Cl. The lowest BCUT2D eigenvalue weighted by molar-refractivity contribution is 0.276. The molecule has 19 heavy (non-hydrogen) atoms. The average molecular weight is 284 g/mol. The van der Waals surface area contributed by atoms with Gasteiger partial charge in [-0.05, 0) is 6.92 Å². The van der Waals surface area contributed by atoms with Crippen molar-refractivity contribution in [1.82, 2.24) is 15.0 Å².